The predicted octanol–water partition coefficient (Wildman–Crippen LogP) is -1.13. The molecular formula is C4H7NO4. The molecule has 0 fully saturated rings. The van der Waals surface area contributed by atoms with E-state index in [4.69, 9.17) is 18.7 Å². The zero-order chi connectivity index (χ0) is 9.23. The van der Waals surface area contributed by atoms with E-state index in [1.165, 1.54) is 0 Å². The molecule has 5 nitrogen and oxygen atoms in total. The molecular weight excluding hydrogens is 126 g/mol. The lowest BCUT2D eigenvalue weighted by atomic mass is 10.2. The lowest BCUT2D eigenvalue weighted by Crippen LogP contribution is -2.32. The molecule has 0 aromatic heterocycles. The Morgan fingerprint density at radius 3 is 2.33 bits per heavy atom. The molecule has 0 saturated carbocycles. The highest BCUT2D eigenvalue weighted by atomic mass is 16.4. The summed E-state index contributed by atoms with van der Waals surface area (Å²) in [6, 6.07) is -2.79. The topological polar surface area (TPSA) is 101 Å². The monoisotopic (exact) mass is 137 g/mol. The lowest BCUT2D eigenvalue weighted by Gasteiger charge is -1.99. The van der Waals surface area contributed by atoms with Crippen molar-refractivity contribution < 1.29 is 22.5 Å². The first-order valence-corrected chi connectivity index (χ1v) is 1.97. The van der Waals surface area contributed by atoms with Gasteiger partial charge in [-0.1, -0.05) is 0 Å². The molecule has 1 unspecified atom stereocenters. The van der Waals surface area contributed by atoms with Gasteiger partial charge >= 0.3 is 11.9 Å². The van der Waals surface area contributed by atoms with Crippen molar-refractivity contribution in [2.75, 3.05) is 0 Å². The summed E-state index contributed by atoms with van der Waals surface area (Å²) in [4.78, 5) is 20.1. The predicted molar refractivity (Wildman–Crippen MR) is 27.9 cm³/mol. The maximum Gasteiger partial charge on any atom is 0.321 e. The maximum absolute atomic E-state index is 10.1. The Morgan fingerprint density at radius 2 is 2.22 bits per heavy atom. The minimum Gasteiger partial charge on any atom is -0.481 e. The van der Waals surface area contributed by atoms with E-state index in [2.05, 4.69) is 0 Å². The van der Waals surface area contributed by atoms with Gasteiger partial charge < -0.3 is 15.9 Å². The molecule has 0 aliphatic rings. The summed E-state index contributed by atoms with van der Waals surface area (Å²) in [5, 5.41) is 16.3. The Kier molecular flexibility index (Phi) is 1.60. The molecule has 52 valence electrons. The van der Waals surface area contributed by atoms with Crippen LogP contribution in [0.4, 0.5) is 0 Å². The second-order valence-corrected chi connectivity index (χ2v) is 1.24. The normalized spacial score (nSPS) is 22.8. The number of carbonyl (C=O) groups is 2. The van der Waals surface area contributed by atoms with Crippen LogP contribution in [0.2, 0.25) is 0 Å². The van der Waals surface area contributed by atoms with Crippen LogP contribution in [0.25, 0.3) is 0 Å². The standard InChI is InChI=1S/C4H7NO4/c5-2(4(8)9)1-3(6)7/h2H,1,5H2,(H,6,7)(H,8,9)/t2-/m0/s1/i1T,2T/t1?,2-. The summed E-state index contributed by atoms with van der Waals surface area (Å²) in [7, 11) is 0. The quantitative estimate of drug-likeness (QED) is 0.457. The van der Waals surface area contributed by atoms with Crippen molar-refractivity contribution in [1.29, 1.82) is 0 Å². The summed E-state index contributed by atoms with van der Waals surface area (Å²) in [6.45, 7) is 0. The maximum atomic E-state index is 10.1. The molecule has 5 heteroatoms. The van der Waals surface area contributed by atoms with Gasteiger partial charge in [-0.3, -0.25) is 9.59 Å². The van der Waals surface area contributed by atoms with Crippen molar-refractivity contribution in [3.05, 3.63) is 0 Å². The van der Waals surface area contributed by atoms with Gasteiger partial charge in [0.1, 0.15) is 6.02 Å². The lowest BCUT2D eigenvalue weighted by molar-refractivity contribution is -0.144. The van der Waals surface area contributed by atoms with Crippen LogP contribution in [0.1, 0.15) is 9.14 Å². The second kappa shape index (κ2) is 3.03. The fraction of sp³-hybridized carbons (Fsp3) is 0.500. The molecule has 2 atom stereocenters. The van der Waals surface area contributed by atoms with E-state index in [9.17, 15) is 9.59 Å². The highest BCUT2D eigenvalue weighted by Crippen LogP contribution is 1.86. The minimum absolute atomic E-state index is 1.73. The third kappa shape index (κ3) is 3.48. The number of nitrogens with two attached hydrogens (primary N) is 1. The molecule has 0 amide bonds. The molecule has 0 spiro atoms. The molecule has 0 heterocycles. The van der Waals surface area contributed by atoms with E-state index in [1.807, 2.05) is 0 Å². The average molecular weight is 137 g/mol. The summed E-state index contributed by atoms with van der Waals surface area (Å²) >= 11 is 0. The Bertz CT molecular complexity index is 193. The SMILES string of the molecule is [3H]C(C(=O)O)[C@]([3H])(N)C(=O)O. The van der Waals surface area contributed by atoms with E-state index in [0.717, 1.165) is 0 Å². The Balaban J connectivity index is 4.55. The van der Waals surface area contributed by atoms with Gasteiger partial charge in [-0.2, -0.15) is 0 Å². The van der Waals surface area contributed by atoms with Crippen LogP contribution in [0.5, 0.6) is 0 Å². The van der Waals surface area contributed by atoms with E-state index < -0.39 is 24.4 Å². The molecule has 0 saturated heterocycles. The van der Waals surface area contributed by atoms with Crippen LogP contribution in [-0.2, 0) is 9.59 Å². The van der Waals surface area contributed by atoms with Gasteiger partial charge in [0, 0.05) is 1.37 Å². The molecule has 0 bridgehead atoms. The molecule has 9 heavy (non-hydrogen) atoms. The number of rotatable bonds is 3. The zero-order valence-electron chi connectivity index (χ0n) is 6.37. The first-order chi connectivity index (χ1) is 4.80. The van der Waals surface area contributed by atoms with E-state index in [-0.39, 0.29) is 0 Å². The fourth-order valence-corrected chi connectivity index (χ4v) is 0.195. The molecule has 0 aliphatic heterocycles. The van der Waals surface area contributed by atoms with Crippen molar-refractivity contribution in [3.63, 3.8) is 0 Å². The third-order valence-corrected chi connectivity index (χ3v) is 0.526. The summed E-state index contributed by atoms with van der Waals surface area (Å²) in [5.74, 6) is -3.56. The third-order valence-electron chi connectivity index (χ3n) is 0.526. The Morgan fingerprint density at radius 1 is 1.78 bits per heavy atom. The minimum atomic E-state index is -2.79. The largest absolute Gasteiger partial charge is 0.481 e. The number of aliphatic carboxylic acids is 2. The van der Waals surface area contributed by atoms with Crippen LogP contribution in [0.15, 0.2) is 0 Å². The van der Waals surface area contributed by atoms with E-state index in [0.29, 0.717) is 0 Å². The number of carboxylic acids is 2. The molecule has 0 rings (SSSR count). The van der Waals surface area contributed by atoms with Crippen LogP contribution < -0.4 is 5.73 Å². The van der Waals surface area contributed by atoms with Gasteiger partial charge in [0.2, 0.25) is 0 Å². The van der Waals surface area contributed by atoms with Crippen molar-refractivity contribution in [3.8, 4) is 0 Å². The highest BCUT2D eigenvalue weighted by Gasteiger charge is 2.14. The fourth-order valence-electron chi connectivity index (χ4n) is 0.195. The second-order valence-electron chi connectivity index (χ2n) is 1.24. The smallest absolute Gasteiger partial charge is 0.321 e. The van der Waals surface area contributed by atoms with Gasteiger partial charge in [0.25, 0.3) is 0 Å². The molecule has 0 aromatic carbocycles. The average Bonchev–Trinajstić information content (AvgIpc) is 1.85. The summed E-state index contributed by atoms with van der Waals surface area (Å²) in [6.07, 6.45) is -2.18. The van der Waals surface area contributed by atoms with Crippen LogP contribution in [-0.4, -0.2) is 28.2 Å². The number of hydrogen-bond donors (Lipinski definition) is 3. The van der Waals surface area contributed by atoms with Crippen molar-refractivity contribution in [2.45, 2.75) is 12.4 Å². The van der Waals surface area contributed by atoms with Gasteiger partial charge in [0.05, 0.1) is 7.77 Å². The Labute approximate surface area is 53.9 Å². The number of carboxylic acid groups (broad SMARTS) is 2. The van der Waals surface area contributed by atoms with Crippen molar-refractivity contribution >= 4 is 11.9 Å². The van der Waals surface area contributed by atoms with Crippen LogP contribution in [0, 0.1) is 0 Å². The zero-order valence-corrected chi connectivity index (χ0v) is 4.37. The van der Waals surface area contributed by atoms with Gasteiger partial charge in [-0.25, -0.2) is 0 Å². The van der Waals surface area contributed by atoms with Gasteiger partial charge in [-0.05, 0) is 0 Å². The summed E-state index contributed by atoms with van der Waals surface area (Å²) in [5.41, 5.74) is 4.70. The van der Waals surface area contributed by atoms with Crippen LogP contribution in [0.3, 0.4) is 0 Å². The molecule has 0 aliphatic carbocycles. The Hall–Kier alpha value is -1.10. The van der Waals surface area contributed by atoms with Gasteiger partial charge in [-0.15, -0.1) is 0 Å². The van der Waals surface area contributed by atoms with Crippen molar-refractivity contribution in [1.82, 2.24) is 0 Å². The van der Waals surface area contributed by atoms with E-state index in [1.54, 1.807) is 0 Å². The molecule has 4 N–H and O–H groups in total. The van der Waals surface area contributed by atoms with Crippen LogP contribution >= 0.6 is 0 Å². The molecule has 0 radical (unpaired) electrons. The first-order valence-electron chi connectivity index (χ1n) is 3.05. The first kappa shape index (κ1) is 4.75. The van der Waals surface area contributed by atoms with Gasteiger partial charge in [0.15, 0.2) is 0 Å². The summed E-state index contributed by atoms with van der Waals surface area (Å²) < 4.78 is 13.4. The molecule has 0 aromatic rings. The van der Waals surface area contributed by atoms with Crippen molar-refractivity contribution in [2.24, 2.45) is 5.73 Å². The number of hydrogen-bond acceptors (Lipinski definition) is 3. The highest BCUT2D eigenvalue weighted by molar-refractivity contribution is 5.80. The van der Waals surface area contributed by atoms with E-state index >= 15 is 0 Å².